The van der Waals surface area contributed by atoms with Crippen LogP contribution in [0.1, 0.15) is 25.7 Å². The number of hydrogen-bond donors (Lipinski definition) is 0. The molecule has 3 heterocycles. The average Bonchev–Trinajstić information content (AvgIpc) is 3.22. The smallest absolute Gasteiger partial charge is 0.155 e. The van der Waals surface area contributed by atoms with E-state index >= 15 is 0 Å². The molecule has 0 saturated carbocycles. The van der Waals surface area contributed by atoms with Crippen molar-refractivity contribution in [2.24, 2.45) is 5.10 Å². The van der Waals surface area contributed by atoms with E-state index in [1.165, 1.54) is 28.0 Å². The van der Waals surface area contributed by atoms with Crippen molar-refractivity contribution in [2.75, 3.05) is 31.1 Å². The topological polar surface area (TPSA) is 44.6 Å². The summed E-state index contributed by atoms with van der Waals surface area (Å²) in [7, 11) is 0. The monoisotopic (exact) mass is 435 g/mol. The van der Waals surface area contributed by atoms with Gasteiger partial charge in [0.15, 0.2) is 4.34 Å². The van der Waals surface area contributed by atoms with E-state index < -0.39 is 0 Å². The lowest BCUT2D eigenvalue weighted by Crippen LogP contribution is -2.44. The van der Waals surface area contributed by atoms with Gasteiger partial charge in [-0.3, -0.25) is 5.01 Å². The maximum absolute atomic E-state index is 4.84. The van der Waals surface area contributed by atoms with Gasteiger partial charge in [-0.05, 0) is 60.4 Å². The van der Waals surface area contributed by atoms with Gasteiger partial charge in [-0.25, -0.2) is 9.97 Å². The maximum Gasteiger partial charge on any atom is 0.155 e. The van der Waals surface area contributed by atoms with E-state index in [4.69, 9.17) is 10.1 Å². The van der Waals surface area contributed by atoms with Crippen LogP contribution in [0.5, 0.6) is 0 Å². The summed E-state index contributed by atoms with van der Waals surface area (Å²) in [4.78, 5) is 13.1. The summed E-state index contributed by atoms with van der Waals surface area (Å²) in [6, 6.07) is 14.5. The molecule has 1 saturated heterocycles. The Morgan fingerprint density at radius 2 is 1.80 bits per heavy atom. The number of pyridine rings is 1. The largest absolute Gasteiger partial charge is 0.353 e. The summed E-state index contributed by atoms with van der Waals surface area (Å²) in [5.74, 6) is 1.06. The van der Waals surface area contributed by atoms with Crippen LogP contribution in [0, 0.1) is 0 Å². The first-order valence-electron chi connectivity index (χ1n) is 10.6. The number of aromatic nitrogens is 2. The van der Waals surface area contributed by atoms with Crippen molar-refractivity contribution in [3.8, 4) is 0 Å². The van der Waals surface area contributed by atoms with Gasteiger partial charge in [0.1, 0.15) is 5.82 Å². The molecule has 1 aliphatic carbocycles. The Balaban J connectivity index is 1.25. The van der Waals surface area contributed by atoms with Crippen LogP contribution in [0.15, 0.2) is 68.6 Å². The second kappa shape index (κ2) is 9.18. The molecule has 5 rings (SSSR count). The maximum atomic E-state index is 4.84. The lowest BCUT2D eigenvalue weighted by atomic mass is 10.0. The van der Waals surface area contributed by atoms with Gasteiger partial charge in [-0.1, -0.05) is 30.0 Å². The van der Waals surface area contributed by atoms with Crippen LogP contribution in [0.2, 0.25) is 0 Å². The number of thioether (sulfide) groups is 1. The predicted octanol–water partition coefficient (Wildman–Crippen LogP) is 5.42. The van der Waals surface area contributed by atoms with E-state index in [0.717, 1.165) is 54.7 Å². The zero-order valence-electron chi connectivity index (χ0n) is 16.9. The third-order valence-corrected chi connectivity index (χ3v) is 7.86. The summed E-state index contributed by atoms with van der Waals surface area (Å²) >= 11 is 3.63. The molecule has 154 valence electrons. The Labute approximate surface area is 185 Å². The molecule has 2 aliphatic rings. The molecule has 7 heteroatoms. The van der Waals surface area contributed by atoms with Crippen molar-refractivity contribution in [1.29, 1.82) is 0 Å². The van der Waals surface area contributed by atoms with Crippen LogP contribution < -0.4 is 4.90 Å². The molecule has 2 aromatic heterocycles. The number of benzene rings is 1. The molecule has 3 aromatic rings. The minimum Gasteiger partial charge on any atom is -0.353 e. The highest BCUT2D eigenvalue weighted by atomic mass is 32.2. The predicted molar refractivity (Wildman–Crippen MR) is 127 cm³/mol. The van der Waals surface area contributed by atoms with E-state index in [1.807, 2.05) is 30.1 Å². The molecular formula is C23H25N5S2. The van der Waals surface area contributed by atoms with E-state index in [2.05, 4.69) is 51.4 Å². The van der Waals surface area contributed by atoms with Crippen LogP contribution in [0.3, 0.4) is 0 Å². The number of anilines is 1. The van der Waals surface area contributed by atoms with E-state index in [1.54, 1.807) is 11.3 Å². The van der Waals surface area contributed by atoms with E-state index in [9.17, 15) is 0 Å². The number of nitrogens with zero attached hydrogens (tertiary/aromatic N) is 5. The molecule has 0 unspecified atom stereocenters. The van der Waals surface area contributed by atoms with Crippen LogP contribution in [0.25, 0.3) is 10.2 Å². The third kappa shape index (κ3) is 4.52. The van der Waals surface area contributed by atoms with Gasteiger partial charge >= 0.3 is 0 Å². The lowest BCUT2D eigenvalue weighted by Gasteiger charge is -2.33. The standard InChI is InChI=1S/C23H25N5S2/c1-3-9-20(29-23-26-19-8-2-4-10-21(19)30-23)18(7-1)17-25-28-15-13-27(14-16-28)22-11-5-6-12-24-22/h2,4-6,8,10-12,17H,1,3,7,9,13-16H2. The Kier molecular flexibility index (Phi) is 5.99. The molecule has 0 amide bonds. The second-order valence-electron chi connectivity index (χ2n) is 7.58. The van der Waals surface area contributed by atoms with Crippen molar-refractivity contribution in [3.05, 3.63) is 59.1 Å². The summed E-state index contributed by atoms with van der Waals surface area (Å²) < 4.78 is 2.40. The van der Waals surface area contributed by atoms with Crippen molar-refractivity contribution in [1.82, 2.24) is 15.0 Å². The van der Waals surface area contributed by atoms with Gasteiger partial charge in [-0.2, -0.15) is 5.10 Å². The van der Waals surface area contributed by atoms with Gasteiger partial charge in [0.25, 0.3) is 0 Å². The normalized spacial score (nSPS) is 18.0. The minimum absolute atomic E-state index is 0.931. The molecule has 5 nitrogen and oxygen atoms in total. The molecule has 1 aliphatic heterocycles. The molecule has 0 radical (unpaired) electrons. The highest BCUT2D eigenvalue weighted by Gasteiger charge is 2.18. The molecule has 0 spiro atoms. The number of hydrazone groups is 1. The summed E-state index contributed by atoms with van der Waals surface area (Å²) in [5, 5.41) is 7.04. The minimum atomic E-state index is 0.931. The summed E-state index contributed by atoms with van der Waals surface area (Å²) in [5.41, 5.74) is 2.49. The Morgan fingerprint density at radius 3 is 2.63 bits per heavy atom. The number of para-hydroxylation sites is 1. The third-order valence-electron chi connectivity index (χ3n) is 5.55. The van der Waals surface area contributed by atoms with Crippen LogP contribution in [0.4, 0.5) is 5.82 Å². The van der Waals surface area contributed by atoms with Gasteiger partial charge in [0, 0.05) is 19.3 Å². The fraction of sp³-hybridized carbons (Fsp3) is 0.348. The van der Waals surface area contributed by atoms with Gasteiger partial charge < -0.3 is 4.90 Å². The summed E-state index contributed by atoms with van der Waals surface area (Å²) in [6.07, 6.45) is 8.73. The quantitative estimate of drug-likeness (QED) is 0.501. The zero-order valence-corrected chi connectivity index (χ0v) is 18.5. The molecule has 30 heavy (non-hydrogen) atoms. The van der Waals surface area contributed by atoms with Gasteiger partial charge in [0.05, 0.1) is 29.5 Å². The Morgan fingerprint density at radius 1 is 0.967 bits per heavy atom. The first kappa shape index (κ1) is 19.6. The number of piperazine rings is 1. The molecule has 0 bridgehead atoms. The first-order chi connectivity index (χ1) is 14.8. The van der Waals surface area contributed by atoms with E-state index in [-0.39, 0.29) is 0 Å². The Bertz CT molecular complexity index is 1020. The van der Waals surface area contributed by atoms with E-state index in [0.29, 0.717) is 0 Å². The van der Waals surface area contributed by atoms with Crippen LogP contribution >= 0.6 is 23.1 Å². The highest BCUT2D eigenvalue weighted by Crippen LogP contribution is 2.40. The second-order valence-corrected chi connectivity index (χ2v) is 9.95. The number of thiazole rings is 1. The Hall–Kier alpha value is -2.38. The van der Waals surface area contributed by atoms with Crippen molar-refractivity contribution in [2.45, 2.75) is 30.0 Å². The highest BCUT2D eigenvalue weighted by molar-refractivity contribution is 8.04. The molecule has 1 aromatic carbocycles. The van der Waals surface area contributed by atoms with Crippen molar-refractivity contribution in [3.63, 3.8) is 0 Å². The van der Waals surface area contributed by atoms with Crippen LogP contribution in [-0.4, -0.2) is 47.4 Å². The number of hydrogen-bond acceptors (Lipinski definition) is 7. The fourth-order valence-electron chi connectivity index (χ4n) is 3.89. The van der Waals surface area contributed by atoms with Crippen molar-refractivity contribution >= 4 is 45.3 Å². The molecule has 1 fully saturated rings. The first-order valence-corrected chi connectivity index (χ1v) is 12.2. The van der Waals surface area contributed by atoms with Gasteiger partial charge in [-0.15, -0.1) is 11.3 Å². The summed E-state index contributed by atoms with van der Waals surface area (Å²) in [6.45, 7) is 3.78. The molecule has 0 N–H and O–H groups in total. The number of rotatable bonds is 5. The molecule has 0 atom stereocenters. The SMILES string of the molecule is C(=NN1CCN(c2ccccn2)CC1)C1=C(Sc2nc3ccccc3s2)CCCC1. The zero-order chi connectivity index (χ0) is 20.2. The number of allylic oxidation sites excluding steroid dienone is 2. The molecular weight excluding hydrogens is 410 g/mol. The number of fused-ring (bicyclic) bond motifs is 1. The van der Waals surface area contributed by atoms with Crippen molar-refractivity contribution < 1.29 is 0 Å². The van der Waals surface area contributed by atoms with Gasteiger partial charge in [0.2, 0.25) is 0 Å². The van der Waals surface area contributed by atoms with Crippen LogP contribution in [-0.2, 0) is 0 Å². The fourth-order valence-corrected chi connectivity index (χ4v) is 6.21. The lowest BCUT2D eigenvalue weighted by molar-refractivity contribution is 0.271. The average molecular weight is 436 g/mol.